The van der Waals surface area contributed by atoms with Gasteiger partial charge in [0.1, 0.15) is 18.1 Å². The van der Waals surface area contributed by atoms with Crippen LogP contribution in [0.2, 0.25) is 0 Å². The van der Waals surface area contributed by atoms with E-state index in [2.05, 4.69) is 17.4 Å². The van der Waals surface area contributed by atoms with Gasteiger partial charge in [-0.05, 0) is 46.8 Å². The van der Waals surface area contributed by atoms with E-state index in [1.807, 2.05) is 35.7 Å². The number of amides is 1. The van der Waals surface area contributed by atoms with E-state index in [-0.39, 0.29) is 11.9 Å². The van der Waals surface area contributed by atoms with E-state index >= 15 is 0 Å². The zero-order valence-electron chi connectivity index (χ0n) is 20.0. The zero-order chi connectivity index (χ0) is 24.3. The second kappa shape index (κ2) is 10.4. The van der Waals surface area contributed by atoms with Gasteiger partial charge in [0.2, 0.25) is 0 Å². The second-order valence-electron chi connectivity index (χ2n) is 9.72. The third kappa shape index (κ3) is 5.52. The fourth-order valence-corrected chi connectivity index (χ4v) is 6.38. The molecular weight excluding hydrogens is 463 g/mol. The van der Waals surface area contributed by atoms with Crippen LogP contribution in [0.3, 0.4) is 0 Å². The van der Waals surface area contributed by atoms with E-state index in [4.69, 9.17) is 9.47 Å². The highest BCUT2D eigenvalue weighted by Crippen LogP contribution is 2.36. The summed E-state index contributed by atoms with van der Waals surface area (Å²) in [5, 5.41) is 4.97. The normalized spacial score (nSPS) is 24.1. The van der Waals surface area contributed by atoms with Gasteiger partial charge in [-0.3, -0.25) is 0 Å². The van der Waals surface area contributed by atoms with Crippen LogP contribution >= 0.6 is 11.3 Å². The first-order chi connectivity index (χ1) is 17.0. The van der Waals surface area contributed by atoms with Crippen molar-refractivity contribution >= 4 is 17.4 Å². The van der Waals surface area contributed by atoms with E-state index in [0.29, 0.717) is 11.5 Å². The van der Waals surface area contributed by atoms with Gasteiger partial charge in [-0.1, -0.05) is 30.3 Å². The number of ether oxygens (including phenoxy) is 2. The van der Waals surface area contributed by atoms with E-state index < -0.39 is 12.1 Å². The van der Waals surface area contributed by atoms with Crippen molar-refractivity contribution in [2.24, 2.45) is 5.92 Å². The van der Waals surface area contributed by atoms with E-state index in [0.717, 1.165) is 60.6 Å². The van der Waals surface area contributed by atoms with Gasteiger partial charge in [0, 0.05) is 30.1 Å². The lowest BCUT2D eigenvalue weighted by molar-refractivity contribution is -0.946. The van der Waals surface area contributed by atoms with Crippen molar-refractivity contribution < 1.29 is 23.1 Å². The molecule has 3 aliphatic rings. The smallest absolute Gasteiger partial charge is 0.408 e. The summed E-state index contributed by atoms with van der Waals surface area (Å²) in [6.07, 6.45) is 2.63. The predicted molar refractivity (Wildman–Crippen MR) is 135 cm³/mol. The van der Waals surface area contributed by atoms with E-state index in [1.165, 1.54) is 29.0 Å². The first-order valence-electron chi connectivity index (χ1n) is 12.3. The second-order valence-corrected chi connectivity index (χ2v) is 10.7. The van der Waals surface area contributed by atoms with Crippen molar-refractivity contribution in [3.05, 3.63) is 87.9 Å². The average molecular weight is 496 g/mol. The maximum absolute atomic E-state index is 13.9. The molecule has 0 saturated carbocycles. The van der Waals surface area contributed by atoms with Gasteiger partial charge in [-0.15, -0.1) is 11.3 Å². The predicted octanol–water partition coefficient (Wildman–Crippen LogP) is 5.56. The van der Waals surface area contributed by atoms with Crippen LogP contribution < -0.4 is 10.1 Å². The van der Waals surface area contributed by atoms with E-state index in [9.17, 15) is 9.18 Å². The summed E-state index contributed by atoms with van der Waals surface area (Å²) in [6.45, 7) is 4.19. The number of piperidine rings is 3. The molecule has 7 heteroatoms. The molecule has 3 saturated heterocycles. The van der Waals surface area contributed by atoms with Crippen molar-refractivity contribution in [3.8, 4) is 5.75 Å². The molecule has 35 heavy (non-hydrogen) atoms. The van der Waals surface area contributed by atoms with Gasteiger partial charge in [0.05, 0.1) is 32.8 Å². The highest BCUT2D eigenvalue weighted by Gasteiger charge is 2.47. The van der Waals surface area contributed by atoms with Crippen LogP contribution in [-0.4, -0.2) is 50.0 Å². The standard InChI is InChI=1S/C28H31FN2O3S/c1-33-24-9-7-20(8-10-24)11-14-31-15-12-21(13-16-31)25(19-31)34-28(32)30-27(26-6-3-17-35-26)22-4-2-5-23(29)18-22/h2-10,17-18,21,25,27H,11-16,19H2,1H3/p+1/t21?,25-,27?,31?/m0/s1. The fraction of sp³-hybridized carbons (Fsp3) is 0.393. The Morgan fingerprint density at radius 3 is 2.63 bits per heavy atom. The Morgan fingerprint density at radius 2 is 1.94 bits per heavy atom. The topological polar surface area (TPSA) is 47.6 Å². The Kier molecular flexibility index (Phi) is 7.07. The van der Waals surface area contributed by atoms with Crippen LogP contribution in [0.25, 0.3) is 0 Å². The van der Waals surface area contributed by atoms with Gasteiger partial charge in [-0.25, -0.2) is 9.18 Å². The molecule has 3 aromatic rings. The first-order valence-corrected chi connectivity index (χ1v) is 13.2. The highest BCUT2D eigenvalue weighted by atomic mass is 32.1. The number of halogens is 1. The minimum Gasteiger partial charge on any atom is -0.497 e. The Labute approximate surface area is 210 Å². The Balaban J connectivity index is 1.23. The summed E-state index contributed by atoms with van der Waals surface area (Å²) in [5.74, 6) is 0.967. The van der Waals surface area contributed by atoms with Gasteiger partial charge < -0.3 is 19.3 Å². The largest absolute Gasteiger partial charge is 0.497 e. The molecule has 2 atom stereocenters. The van der Waals surface area contributed by atoms with E-state index in [1.54, 1.807) is 13.2 Å². The van der Waals surface area contributed by atoms with Crippen LogP contribution in [0.1, 0.15) is 34.9 Å². The summed E-state index contributed by atoms with van der Waals surface area (Å²) in [7, 11) is 1.68. The van der Waals surface area contributed by atoms with Crippen molar-refractivity contribution in [3.63, 3.8) is 0 Å². The zero-order valence-corrected chi connectivity index (χ0v) is 20.8. The molecule has 0 spiro atoms. The third-order valence-corrected chi connectivity index (χ3v) is 8.54. The number of thiophene rings is 1. The third-order valence-electron chi connectivity index (χ3n) is 7.61. The Hall–Kier alpha value is -2.90. The highest BCUT2D eigenvalue weighted by molar-refractivity contribution is 7.10. The van der Waals surface area contributed by atoms with Crippen molar-refractivity contribution in [2.75, 3.05) is 33.3 Å². The summed E-state index contributed by atoms with van der Waals surface area (Å²) in [4.78, 5) is 14.0. The molecular formula is C28H32FN2O3S+. The molecule has 0 radical (unpaired) electrons. The lowest BCUT2D eigenvalue weighted by Gasteiger charge is -2.52. The lowest BCUT2D eigenvalue weighted by Crippen LogP contribution is -2.65. The molecule has 1 unspecified atom stereocenters. The molecule has 1 N–H and O–H groups in total. The van der Waals surface area contributed by atoms with Crippen LogP contribution in [0.4, 0.5) is 9.18 Å². The number of nitrogens with zero attached hydrogens (tertiary/aromatic N) is 1. The summed E-state index contributed by atoms with van der Waals surface area (Å²) >= 11 is 1.53. The minimum atomic E-state index is -0.433. The Bertz CT molecular complexity index is 1130. The quantitative estimate of drug-likeness (QED) is 0.416. The van der Waals surface area contributed by atoms with Crippen LogP contribution in [-0.2, 0) is 11.2 Å². The van der Waals surface area contributed by atoms with Crippen molar-refractivity contribution in [2.45, 2.75) is 31.4 Å². The molecule has 1 amide bonds. The van der Waals surface area contributed by atoms with Crippen LogP contribution in [0.5, 0.6) is 5.75 Å². The number of carbonyl (C=O) groups is 1. The number of nitrogens with one attached hydrogen (secondary N) is 1. The number of rotatable bonds is 8. The number of methoxy groups -OCH3 is 1. The Morgan fingerprint density at radius 1 is 1.14 bits per heavy atom. The van der Waals surface area contributed by atoms with Crippen molar-refractivity contribution in [1.82, 2.24) is 5.32 Å². The average Bonchev–Trinajstić information content (AvgIpc) is 3.42. The summed E-state index contributed by atoms with van der Waals surface area (Å²) in [5.41, 5.74) is 2.01. The summed E-state index contributed by atoms with van der Waals surface area (Å²) in [6, 6.07) is 18.1. The van der Waals surface area contributed by atoms with Gasteiger partial charge in [0.25, 0.3) is 0 Å². The number of alkyl carbamates (subject to hydrolysis) is 1. The minimum absolute atomic E-state index is 0.0927. The van der Waals surface area contributed by atoms with Gasteiger partial charge >= 0.3 is 6.09 Å². The summed E-state index contributed by atoms with van der Waals surface area (Å²) < 4.78 is 26.2. The number of quaternary nitrogens is 1. The molecule has 1 aromatic heterocycles. The van der Waals surface area contributed by atoms with Gasteiger partial charge in [0.15, 0.2) is 6.10 Å². The molecule has 3 fully saturated rings. The lowest BCUT2D eigenvalue weighted by atomic mass is 9.83. The maximum atomic E-state index is 13.9. The molecule has 184 valence electrons. The number of benzene rings is 2. The molecule has 4 heterocycles. The monoisotopic (exact) mass is 495 g/mol. The number of fused-ring (bicyclic) bond motifs is 3. The molecule has 2 aromatic carbocycles. The van der Waals surface area contributed by atoms with Crippen LogP contribution in [0, 0.1) is 11.7 Å². The molecule has 6 rings (SSSR count). The molecule has 0 aliphatic carbocycles. The number of hydrogen-bond acceptors (Lipinski definition) is 4. The maximum Gasteiger partial charge on any atom is 0.408 e. The molecule has 2 bridgehead atoms. The molecule has 3 aliphatic heterocycles. The van der Waals surface area contributed by atoms with Crippen LogP contribution in [0.15, 0.2) is 66.0 Å². The number of carbonyl (C=O) groups excluding carboxylic acids is 1. The van der Waals surface area contributed by atoms with Crippen molar-refractivity contribution in [1.29, 1.82) is 0 Å². The fourth-order valence-electron chi connectivity index (χ4n) is 5.58. The molecule has 5 nitrogen and oxygen atoms in total. The number of hydrogen-bond donors (Lipinski definition) is 1. The SMILES string of the molecule is COc1ccc(CC[N+]23CCC(CC2)[C@@H](OC(=O)NC(c2cccc(F)c2)c2cccs2)C3)cc1. The first kappa shape index (κ1) is 23.8. The van der Waals surface area contributed by atoms with Gasteiger partial charge in [-0.2, -0.15) is 0 Å².